The Hall–Kier alpha value is -1.62. The van der Waals surface area contributed by atoms with Crippen LogP contribution in [0.2, 0.25) is 5.02 Å². The molecule has 0 atom stereocenters. The largest absolute Gasteiger partial charge is 0.278 e. The van der Waals surface area contributed by atoms with Crippen molar-refractivity contribution in [1.29, 1.82) is 0 Å². The molecular formula is C7H4ClN3O2. The second-order valence-corrected chi connectivity index (χ2v) is 2.92. The molecule has 1 heterocycles. The number of fused-ring (bicyclic) bond motifs is 1. The van der Waals surface area contributed by atoms with Crippen LogP contribution in [-0.2, 0) is 0 Å². The number of rotatable bonds is 1. The van der Waals surface area contributed by atoms with E-state index in [1.807, 2.05) is 0 Å². The third kappa shape index (κ3) is 1.23. The fourth-order valence-corrected chi connectivity index (χ4v) is 1.36. The zero-order valence-electron chi connectivity index (χ0n) is 6.32. The van der Waals surface area contributed by atoms with Crippen molar-refractivity contribution in [3.63, 3.8) is 0 Å². The summed E-state index contributed by atoms with van der Waals surface area (Å²) in [5.74, 6) is 0. The molecule has 0 saturated heterocycles. The van der Waals surface area contributed by atoms with E-state index in [4.69, 9.17) is 11.6 Å². The molecule has 6 heteroatoms. The van der Waals surface area contributed by atoms with Crippen molar-refractivity contribution < 1.29 is 4.92 Å². The van der Waals surface area contributed by atoms with Gasteiger partial charge in [0, 0.05) is 17.5 Å². The smallest absolute Gasteiger partial charge is 0.273 e. The lowest BCUT2D eigenvalue weighted by molar-refractivity contribution is -0.384. The molecule has 0 unspecified atom stereocenters. The van der Waals surface area contributed by atoms with Crippen molar-refractivity contribution in [1.82, 2.24) is 10.2 Å². The Bertz CT molecular complexity index is 480. The Morgan fingerprint density at radius 1 is 1.54 bits per heavy atom. The van der Waals surface area contributed by atoms with Gasteiger partial charge in [-0.3, -0.25) is 15.2 Å². The van der Waals surface area contributed by atoms with Gasteiger partial charge in [-0.2, -0.15) is 5.10 Å². The average molecular weight is 198 g/mol. The summed E-state index contributed by atoms with van der Waals surface area (Å²) in [7, 11) is 0. The predicted molar refractivity (Wildman–Crippen MR) is 47.8 cm³/mol. The monoisotopic (exact) mass is 197 g/mol. The molecule has 0 amide bonds. The topological polar surface area (TPSA) is 71.8 Å². The summed E-state index contributed by atoms with van der Waals surface area (Å²) >= 11 is 5.78. The number of H-pyrrole nitrogens is 1. The van der Waals surface area contributed by atoms with Crippen LogP contribution in [0.1, 0.15) is 0 Å². The van der Waals surface area contributed by atoms with Gasteiger partial charge in [-0.15, -0.1) is 0 Å². The average Bonchev–Trinajstić information content (AvgIpc) is 2.51. The van der Waals surface area contributed by atoms with Gasteiger partial charge < -0.3 is 0 Å². The van der Waals surface area contributed by atoms with Crippen LogP contribution in [0.15, 0.2) is 18.3 Å². The molecule has 0 spiro atoms. The van der Waals surface area contributed by atoms with Crippen LogP contribution >= 0.6 is 11.6 Å². The zero-order valence-corrected chi connectivity index (χ0v) is 7.08. The molecule has 0 radical (unpaired) electrons. The van der Waals surface area contributed by atoms with Crippen LogP contribution in [0.25, 0.3) is 10.9 Å². The highest BCUT2D eigenvalue weighted by Gasteiger charge is 2.10. The second-order valence-electron chi connectivity index (χ2n) is 2.52. The number of benzene rings is 1. The van der Waals surface area contributed by atoms with Gasteiger partial charge >= 0.3 is 0 Å². The first-order valence-corrected chi connectivity index (χ1v) is 3.83. The van der Waals surface area contributed by atoms with Crippen LogP contribution in [-0.4, -0.2) is 15.1 Å². The molecule has 0 aliphatic carbocycles. The SMILES string of the molecule is O=[N+]([O-])c1cc(Cl)c2cn[nH]c2c1. The van der Waals surface area contributed by atoms with Gasteiger partial charge in [0.2, 0.25) is 0 Å². The summed E-state index contributed by atoms with van der Waals surface area (Å²) in [5.41, 5.74) is 0.529. The van der Waals surface area contributed by atoms with E-state index in [0.717, 1.165) is 0 Å². The number of nitro groups is 1. The number of aromatic amines is 1. The van der Waals surface area contributed by atoms with Crippen LogP contribution in [0, 0.1) is 10.1 Å². The molecule has 0 fully saturated rings. The third-order valence-corrected chi connectivity index (χ3v) is 2.02. The Morgan fingerprint density at radius 2 is 2.31 bits per heavy atom. The van der Waals surface area contributed by atoms with Gasteiger partial charge in [-0.1, -0.05) is 11.6 Å². The number of halogens is 1. The molecule has 2 aromatic rings. The maximum Gasteiger partial charge on any atom is 0.273 e. The first-order chi connectivity index (χ1) is 6.18. The third-order valence-electron chi connectivity index (χ3n) is 1.70. The number of hydrogen-bond donors (Lipinski definition) is 1. The number of nitrogens with one attached hydrogen (secondary N) is 1. The fraction of sp³-hybridized carbons (Fsp3) is 0. The summed E-state index contributed by atoms with van der Waals surface area (Å²) in [6.07, 6.45) is 1.53. The Morgan fingerprint density at radius 3 is 3.00 bits per heavy atom. The Balaban J connectivity index is 2.77. The van der Waals surface area contributed by atoms with E-state index in [-0.39, 0.29) is 5.69 Å². The summed E-state index contributed by atoms with van der Waals surface area (Å²) in [6, 6.07) is 2.70. The second kappa shape index (κ2) is 2.70. The molecule has 0 saturated carbocycles. The van der Waals surface area contributed by atoms with E-state index in [2.05, 4.69) is 10.2 Å². The van der Waals surface area contributed by atoms with Crippen molar-refractivity contribution in [2.24, 2.45) is 0 Å². The van der Waals surface area contributed by atoms with Crippen LogP contribution in [0.3, 0.4) is 0 Å². The van der Waals surface area contributed by atoms with E-state index in [0.29, 0.717) is 15.9 Å². The minimum atomic E-state index is -0.494. The van der Waals surface area contributed by atoms with E-state index in [9.17, 15) is 10.1 Å². The molecule has 1 aromatic carbocycles. The normalized spacial score (nSPS) is 10.5. The van der Waals surface area contributed by atoms with Crippen LogP contribution in [0.4, 0.5) is 5.69 Å². The zero-order chi connectivity index (χ0) is 9.42. The predicted octanol–water partition coefficient (Wildman–Crippen LogP) is 2.12. The van der Waals surface area contributed by atoms with Crippen molar-refractivity contribution in [3.05, 3.63) is 33.5 Å². The van der Waals surface area contributed by atoms with E-state index in [1.165, 1.54) is 18.3 Å². The van der Waals surface area contributed by atoms with E-state index >= 15 is 0 Å². The van der Waals surface area contributed by atoms with E-state index in [1.54, 1.807) is 0 Å². The highest BCUT2D eigenvalue weighted by atomic mass is 35.5. The van der Waals surface area contributed by atoms with Crippen LogP contribution < -0.4 is 0 Å². The van der Waals surface area contributed by atoms with Crippen molar-refractivity contribution >= 4 is 28.2 Å². The minimum absolute atomic E-state index is 0.0400. The number of nitro benzene ring substituents is 1. The molecule has 1 N–H and O–H groups in total. The highest BCUT2D eigenvalue weighted by Crippen LogP contribution is 2.27. The van der Waals surface area contributed by atoms with Crippen molar-refractivity contribution in [2.45, 2.75) is 0 Å². The first kappa shape index (κ1) is 8.00. The summed E-state index contributed by atoms with van der Waals surface area (Å²) in [6.45, 7) is 0. The van der Waals surface area contributed by atoms with Crippen molar-refractivity contribution in [2.75, 3.05) is 0 Å². The number of hydrogen-bond acceptors (Lipinski definition) is 3. The van der Waals surface area contributed by atoms with Crippen molar-refractivity contribution in [3.8, 4) is 0 Å². The maximum absolute atomic E-state index is 10.4. The minimum Gasteiger partial charge on any atom is -0.278 e. The standard InChI is InChI=1S/C7H4ClN3O2/c8-6-1-4(11(12)13)2-7-5(6)3-9-10-7/h1-3H,(H,9,10). The molecule has 0 aliphatic rings. The van der Waals surface area contributed by atoms with Gasteiger partial charge in [0.15, 0.2) is 0 Å². The van der Waals surface area contributed by atoms with Gasteiger partial charge in [-0.25, -0.2) is 0 Å². The molecule has 1 aromatic heterocycles. The molecular weight excluding hydrogens is 194 g/mol. The lowest BCUT2D eigenvalue weighted by atomic mass is 10.2. The molecule has 0 bridgehead atoms. The molecule has 13 heavy (non-hydrogen) atoms. The molecule has 2 rings (SSSR count). The van der Waals surface area contributed by atoms with Gasteiger partial charge in [0.05, 0.1) is 21.7 Å². The quantitative estimate of drug-likeness (QED) is 0.562. The summed E-state index contributed by atoms with van der Waals surface area (Å²) in [4.78, 5) is 9.94. The summed E-state index contributed by atoms with van der Waals surface area (Å²) < 4.78 is 0. The van der Waals surface area contributed by atoms with E-state index < -0.39 is 4.92 Å². The Labute approximate surface area is 77.5 Å². The molecule has 5 nitrogen and oxygen atoms in total. The first-order valence-electron chi connectivity index (χ1n) is 3.45. The number of aromatic nitrogens is 2. The van der Waals surface area contributed by atoms with Gasteiger partial charge in [0.25, 0.3) is 5.69 Å². The lowest BCUT2D eigenvalue weighted by Crippen LogP contribution is -1.87. The van der Waals surface area contributed by atoms with Crippen LogP contribution in [0.5, 0.6) is 0 Å². The number of non-ortho nitro benzene ring substituents is 1. The highest BCUT2D eigenvalue weighted by molar-refractivity contribution is 6.35. The van der Waals surface area contributed by atoms with Gasteiger partial charge in [0.1, 0.15) is 0 Å². The molecule has 0 aliphatic heterocycles. The van der Waals surface area contributed by atoms with Gasteiger partial charge in [-0.05, 0) is 0 Å². The lowest BCUT2D eigenvalue weighted by Gasteiger charge is -1.93. The fourth-order valence-electron chi connectivity index (χ4n) is 1.10. The molecule has 66 valence electrons. The maximum atomic E-state index is 10.4. The number of nitrogens with zero attached hydrogens (tertiary/aromatic N) is 2. The Kier molecular flexibility index (Phi) is 1.66. The summed E-state index contributed by atoms with van der Waals surface area (Å²) in [5, 5.41) is 17.8.